The van der Waals surface area contributed by atoms with E-state index in [0.717, 1.165) is 0 Å². The van der Waals surface area contributed by atoms with Crippen LogP contribution in [-0.2, 0) is 7.05 Å². The van der Waals surface area contributed by atoms with Gasteiger partial charge in [-0.2, -0.15) is 0 Å². The van der Waals surface area contributed by atoms with Crippen LogP contribution in [0.3, 0.4) is 0 Å². The van der Waals surface area contributed by atoms with Crippen LogP contribution in [0.4, 0.5) is 4.39 Å². The standard InChI is InChI=1S/C6H9FN2O/c1-9-4-8-3-5(9)6(10)2-7/h3-4,6,10H,2H2,1H3. The Labute approximate surface area is 58.1 Å². The van der Waals surface area contributed by atoms with Gasteiger partial charge in [-0.05, 0) is 0 Å². The summed E-state index contributed by atoms with van der Waals surface area (Å²) in [5, 5.41) is 8.96. The van der Waals surface area contributed by atoms with Crippen molar-refractivity contribution in [2.24, 2.45) is 7.05 Å². The number of alkyl halides is 1. The van der Waals surface area contributed by atoms with Gasteiger partial charge >= 0.3 is 0 Å². The van der Waals surface area contributed by atoms with Gasteiger partial charge in [0.1, 0.15) is 12.8 Å². The van der Waals surface area contributed by atoms with Crippen molar-refractivity contribution in [3.8, 4) is 0 Å². The summed E-state index contributed by atoms with van der Waals surface area (Å²) in [5.41, 5.74) is 0.502. The molecule has 0 saturated carbocycles. The minimum Gasteiger partial charge on any atom is -0.384 e. The number of nitrogens with zero attached hydrogens (tertiary/aromatic N) is 2. The van der Waals surface area contributed by atoms with Crippen LogP contribution in [0.5, 0.6) is 0 Å². The van der Waals surface area contributed by atoms with Gasteiger partial charge in [0.15, 0.2) is 0 Å². The molecule has 0 amide bonds. The molecular weight excluding hydrogens is 135 g/mol. The summed E-state index contributed by atoms with van der Waals surface area (Å²) in [6, 6.07) is 0. The molecule has 1 unspecified atom stereocenters. The van der Waals surface area contributed by atoms with Crippen LogP contribution in [0.1, 0.15) is 11.8 Å². The SMILES string of the molecule is Cn1cncc1C(O)CF. The van der Waals surface area contributed by atoms with Gasteiger partial charge in [-0.3, -0.25) is 0 Å². The molecule has 0 aliphatic heterocycles. The van der Waals surface area contributed by atoms with E-state index in [0.29, 0.717) is 5.69 Å². The zero-order valence-electron chi connectivity index (χ0n) is 5.66. The fraction of sp³-hybridized carbons (Fsp3) is 0.500. The third kappa shape index (κ3) is 1.16. The molecular formula is C6H9FN2O. The van der Waals surface area contributed by atoms with Crippen LogP contribution in [0.2, 0.25) is 0 Å². The van der Waals surface area contributed by atoms with Crippen molar-refractivity contribution >= 4 is 0 Å². The van der Waals surface area contributed by atoms with E-state index in [-0.39, 0.29) is 0 Å². The Kier molecular flexibility index (Phi) is 2.01. The predicted molar refractivity (Wildman–Crippen MR) is 34.1 cm³/mol. The summed E-state index contributed by atoms with van der Waals surface area (Å²) < 4.78 is 13.4. The molecule has 1 aromatic heterocycles. The van der Waals surface area contributed by atoms with Crippen LogP contribution in [0.15, 0.2) is 12.5 Å². The molecule has 0 radical (unpaired) electrons. The van der Waals surface area contributed by atoms with E-state index in [1.54, 1.807) is 11.6 Å². The molecule has 1 atom stereocenters. The number of aliphatic hydroxyl groups is 1. The maximum absolute atomic E-state index is 11.8. The van der Waals surface area contributed by atoms with Gasteiger partial charge in [0.2, 0.25) is 0 Å². The first-order chi connectivity index (χ1) is 4.75. The smallest absolute Gasteiger partial charge is 0.124 e. The largest absolute Gasteiger partial charge is 0.384 e. The van der Waals surface area contributed by atoms with E-state index in [4.69, 9.17) is 5.11 Å². The molecule has 0 spiro atoms. The van der Waals surface area contributed by atoms with Crippen molar-refractivity contribution in [1.29, 1.82) is 0 Å². The van der Waals surface area contributed by atoms with Gasteiger partial charge in [0.05, 0.1) is 18.2 Å². The fourth-order valence-corrected chi connectivity index (χ4v) is 0.768. The van der Waals surface area contributed by atoms with Crippen molar-refractivity contribution in [3.05, 3.63) is 18.2 Å². The molecule has 1 N–H and O–H groups in total. The molecule has 1 heterocycles. The molecule has 0 bridgehead atoms. The molecule has 10 heavy (non-hydrogen) atoms. The zero-order chi connectivity index (χ0) is 7.56. The van der Waals surface area contributed by atoms with Gasteiger partial charge in [-0.25, -0.2) is 9.37 Å². The lowest BCUT2D eigenvalue weighted by Crippen LogP contribution is -2.04. The Bertz CT molecular complexity index is 211. The summed E-state index contributed by atoms with van der Waals surface area (Å²) in [4.78, 5) is 3.73. The van der Waals surface area contributed by atoms with Crippen molar-refractivity contribution in [2.45, 2.75) is 6.10 Å². The second-order valence-corrected chi connectivity index (χ2v) is 2.10. The van der Waals surface area contributed by atoms with E-state index in [2.05, 4.69) is 4.98 Å². The second kappa shape index (κ2) is 2.79. The topological polar surface area (TPSA) is 38.0 Å². The van der Waals surface area contributed by atoms with E-state index in [1.165, 1.54) is 12.5 Å². The van der Waals surface area contributed by atoms with Crippen LogP contribution < -0.4 is 0 Å². The monoisotopic (exact) mass is 144 g/mol. The van der Waals surface area contributed by atoms with Crippen LogP contribution in [0, 0.1) is 0 Å². The number of aliphatic hydroxyl groups excluding tert-OH is 1. The highest BCUT2D eigenvalue weighted by molar-refractivity contribution is 5.01. The van der Waals surface area contributed by atoms with Crippen molar-refractivity contribution in [1.82, 2.24) is 9.55 Å². The first kappa shape index (κ1) is 7.21. The molecule has 0 aliphatic rings. The summed E-state index contributed by atoms with van der Waals surface area (Å²) in [7, 11) is 1.71. The van der Waals surface area contributed by atoms with Crippen molar-refractivity contribution < 1.29 is 9.50 Å². The highest BCUT2D eigenvalue weighted by Crippen LogP contribution is 2.10. The minimum absolute atomic E-state index is 0.502. The minimum atomic E-state index is -1.03. The van der Waals surface area contributed by atoms with Crippen LogP contribution in [0.25, 0.3) is 0 Å². The molecule has 56 valence electrons. The Morgan fingerprint density at radius 3 is 3.00 bits per heavy atom. The lowest BCUT2D eigenvalue weighted by Gasteiger charge is -2.04. The van der Waals surface area contributed by atoms with Gasteiger partial charge in [0.25, 0.3) is 0 Å². The Morgan fingerprint density at radius 2 is 2.60 bits per heavy atom. The quantitative estimate of drug-likeness (QED) is 0.653. The molecule has 1 rings (SSSR count). The fourth-order valence-electron chi connectivity index (χ4n) is 0.768. The lowest BCUT2D eigenvalue weighted by atomic mass is 10.3. The summed E-state index contributed by atoms with van der Waals surface area (Å²) in [6.07, 6.45) is 1.94. The molecule has 0 saturated heterocycles. The molecule has 1 aromatic rings. The predicted octanol–water partition coefficient (Wildman–Crippen LogP) is 0.423. The Balaban J connectivity index is 2.82. The molecule has 4 heteroatoms. The highest BCUT2D eigenvalue weighted by atomic mass is 19.1. The molecule has 0 aromatic carbocycles. The van der Waals surface area contributed by atoms with E-state index in [1.807, 2.05) is 0 Å². The van der Waals surface area contributed by atoms with Crippen molar-refractivity contribution in [2.75, 3.05) is 6.67 Å². The maximum atomic E-state index is 11.8. The summed E-state index contributed by atoms with van der Waals surface area (Å²) in [6.45, 7) is -0.764. The Hall–Kier alpha value is -0.900. The number of imidazole rings is 1. The number of hydrogen-bond donors (Lipinski definition) is 1. The van der Waals surface area contributed by atoms with Gasteiger partial charge < -0.3 is 9.67 Å². The molecule has 0 fully saturated rings. The normalized spacial score (nSPS) is 13.5. The average Bonchev–Trinajstić information content (AvgIpc) is 2.34. The number of aryl methyl sites for hydroxylation is 1. The summed E-state index contributed by atoms with van der Waals surface area (Å²) in [5.74, 6) is 0. The van der Waals surface area contributed by atoms with Gasteiger partial charge in [0, 0.05) is 7.05 Å². The number of rotatable bonds is 2. The zero-order valence-corrected chi connectivity index (χ0v) is 5.66. The van der Waals surface area contributed by atoms with E-state index < -0.39 is 12.8 Å². The third-order valence-corrected chi connectivity index (χ3v) is 1.34. The highest BCUT2D eigenvalue weighted by Gasteiger charge is 2.09. The van der Waals surface area contributed by atoms with Crippen LogP contribution in [-0.4, -0.2) is 21.3 Å². The maximum Gasteiger partial charge on any atom is 0.124 e. The van der Waals surface area contributed by atoms with E-state index in [9.17, 15) is 4.39 Å². The van der Waals surface area contributed by atoms with Gasteiger partial charge in [-0.1, -0.05) is 0 Å². The van der Waals surface area contributed by atoms with E-state index >= 15 is 0 Å². The number of aromatic nitrogens is 2. The first-order valence-corrected chi connectivity index (χ1v) is 2.96. The second-order valence-electron chi connectivity index (χ2n) is 2.10. The number of hydrogen-bond acceptors (Lipinski definition) is 2. The lowest BCUT2D eigenvalue weighted by molar-refractivity contribution is 0.134. The molecule has 3 nitrogen and oxygen atoms in total. The molecule has 0 aliphatic carbocycles. The number of halogens is 1. The first-order valence-electron chi connectivity index (χ1n) is 2.96. The Morgan fingerprint density at radius 1 is 1.90 bits per heavy atom. The third-order valence-electron chi connectivity index (χ3n) is 1.34. The average molecular weight is 144 g/mol. The van der Waals surface area contributed by atoms with Gasteiger partial charge in [-0.15, -0.1) is 0 Å². The van der Waals surface area contributed by atoms with Crippen LogP contribution >= 0.6 is 0 Å². The van der Waals surface area contributed by atoms with Crippen molar-refractivity contribution in [3.63, 3.8) is 0 Å². The summed E-state index contributed by atoms with van der Waals surface area (Å²) >= 11 is 0.